The van der Waals surface area contributed by atoms with Crippen LogP contribution in [0.1, 0.15) is 27.0 Å². The molecular formula is C27H26O2. The number of ether oxygens (including phenoxy) is 1. The van der Waals surface area contributed by atoms with E-state index in [1.165, 1.54) is 5.56 Å². The molecule has 0 spiro atoms. The molecule has 0 radical (unpaired) electrons. The van der Waals surface area contributed by atoms with Gasteiger partial charge in [0.2, 0.25) is 0 Å². The Bertz CT molecular complexity index is 883. The maximum absolute atomic E-state index is 11.0. The van der Waals surface area contributed by atoms with Gasteiger partial charge in [0.1, 0.15) is 0 Å². The third-order valence-corrected chi connectivity index (χ3v) is 3.67. The molecule has 0 heterocycles. The van der Waals surface area contributed by atoms with E-state index in [9.17, 15) is 4.79 Å². The molecule has 146 valence electrons. The number of hydrogen-bond donors (Lipinski definition) is 0. The number of esters is 1. The lowest BCUT2D eigenvalue weighted by Crippen LogP contribution is -1.98. The minimum atomic E-state index is -0.374. The van der Waals surface area contributed by atoms with E-state index in [4.69, 9.17) is 0 Å². The van der Waals surface area contributed by atoms with Gasteiger partial charge in [0.15, 0.2) is 0 Å². The number of carbonyl (C=O) groups excluding carboxylic acids is 1. The third kappa shape index (κ3) is 9.03. The fourth-order valence-electron chi connectivity index (χ4n) is 2.19. The fourth-order valence-corrected chi connectivity index (χ4v) is 2.19. The van der Waals surface area contributed by atoms with E-state index < -0.39 is 0 Å². The molecule has 0 atom stereocenters. The zero-order chi connectivity index (χ0) is 21.3. The van der Waals surface area contributed by atoms with Crippen LogP contribution in [0, 0.1) is 0 Å². The molecule has 0 aliphatic carbocycles. The average molecular weight is 383 g/mol. The predicted octanol–water partition coefficient (Wildman–Crippen LogP) is 7.29. The summed E-state index contributed by atoms with van der Waals surface area (Å²) in [5, 5.41) is 0. The van der Waals surface area contributed by atoms with Crippen LogP contribution in [-0.2, 0) is 4.74 Å². The van der Waals surface area contributed by atoms with Crippen LogP contribution in [0.2, 0.25) is 0 Å². The van der Waals surface area contributed by atoms with E-state index >= 15 is 0 Å². The average Bonchev–Trinajstić information content (AvgIpc) is 2.81. The highest BCUT2D eigenvalue weighted by atomic mass is 16.5. The lowest BCUT2D eigenvalue weighted by Gasteiger charge is -1.96. The second-order valence-corrected chi connectivity index (χ2v) is 5.59. The molecule has 0 aromatic heterocycles. The third-order valence-electron chi connectivity index (χ3n) is 3.67. The Morgan fingerprint density at radius 1 is 0.621 bits per heavy atom. The highest BCUT2D eigenvalue weighted by molar-refractivity contribution is 5.89. The van der Waals surface area contributed by atoms with E-state index in [1.807, 2.05) is 78.9 Å². The molecule has 3 aromatic rings. The minimum Gasteiger partial charge on any atom is -0.432 e. The first-order valence-corrected chi connectivity index (χ1v) is 9.04. The van der Waals surface area contributed by atoms with Crippen molar-refractivity contribution < 1.29 is 9.53 Å². The van der Waals surface area contributed by atoms with Gasteiger partial charge in [-0.05, 0) is 28.8 Å². The van der Waals surface area contributed by atoms with Crippen molar-refractivity contribution in [3.63, 3.8) is 0 Å². The van der Waals surface area contributed by atoms with Gasteiger partial charge < -0.3 is 4.74 Å². The van der Waals surface area contributed by atoms with Gasteiger partial charge in [0.25, 0.3) is 0 Å². The molecule has 2 nitrogen and oxygen atoms in total. The standard InChI is InChI=1S/C10H10.C9H8O2.C8H8/c1-3-9-7-5-6-8-10(9)4-2;1-2-11-9(10)8-6-4-3-5-7-8;1-2-8-6-4-3-5-7-8/h3-8H,1-2H2;2-7H,1H2;2-7H,1H2. The van der Waals surface area contributed by atoms with Crippen molar-refractivity contribution in [1.29, 1.82) is 0 Å². The van der Waals surface area contributed by atoms with Crippen LogP contribution in [-0.4, -0.2) is 5.97 Å². The topological polar surface area (TPSA) is 26.3 Å². The Kier molecular flexibility index (Phi) is 11.3. The largest absolute Gasteiger partial charge is 0.432 e. The Morgan fingerprint density at radius 3 is 1.45 bits per heavy atom. The molecule has 0 amide bonds. The van der Waals surface area contributed by atoms with E-state index in [0.717, 1.165) is 17.4 Å². The molecule has 0 bridgehead atoms. The molecular weight excluding hydrogens is 356 g/mol. The van der Waals surface area contributed by atoms with Crippen molar-refractivity contribution in [2.24, 2.45) is 0 Å². The van der Waals surface area contributed by atoms with E-state index in [0.29, 0.717) is 5.56 Å². The van der Waals surface area contributed by atoms with Crippen LogP contribution in [0.4, 0.5) is 0 Å². The Labute approximate surface area is 173 Å². The lowest BCUT2D eigenvalue weighted by molar-refractivity contribution is 0.0664. The summed E-state index contributed by atoms with van der Waals surface area (Å²) >= 11 is 0. The lowest BCUT2D eigenvalue weighted by atomic mass is 10.1. The SMILES string of the molecule is C=COC(=O)c1ccccc1.C=Cc1ccccc1.C=Cc1ccccc1C=C. The molecule has 2 heteroatoms. The maximum Gasteiger partial charge on any atom is 0.342 e. The summed E-state index contributed by atoms with van der Waals surface area (Å²) in [5.41, 5.74) is 3.98. The molecule has 0 N–H and O–H groups in total. The molecule has 0 aliphatic rings. The summed E-state index contributed by atoms with van der Waals surface area (Å²) in [6.07, 6.45) is 6.61. The zero-order valence-electron chi connectivity index (χ0n) is 16.5. The second-order valence-electron chi connectivity index (χ2n) is 5.59. The second kappa shape index (κ2) is 14.2. The van der Waals surface area contributed by atoms with Crippen molar-refractivity contribution in [3.8, 4) is 0 Å². The van der Waals surface area contributed by atoms with Crippen molar-refractivity contribution in [2.75, 3.05) is 0 Å². The highest BCUT2D eigenvalue weighted by Gasteiger charge is 2.01. The summed E-state index contributed by atoms with van der Waals surface area (Å²) in [6, 6.07) is 26.8. The first-order chi connectivity index (χ1) is 14.2. The number of carbonyl (C=O) groups is 1. The van der Waals surface area contributed by atoms with Gasteiger partial charge in [-0.3, -0.25) is 0 Å². The molecule has 0 unspecified atom stereocenters. The van der Waals surface area contributed by atoms with Gasteiger partial charge >= 0.3 is 5.97 Å². The predicted molar refractivity (Wildman–Crippen MR) is 125 cm³/mol. The Morgan fingerprint density at radius 2 is 1.07 bits per heavy atom. The van der Waals surface area contributed by atoms with Gasteiger partial charge in [-0.2, -0.15) is 0 Å². The number of rotatable bonds is 5. The highest BCUT2D eigenvalue weighted by Crippen LogP contribution is 2.10. The number of benzene rings is 3. The molecule has 0 saturated carbocycles. The molecule has 3 aromatic carbocycles. The molecule has 0 aliphatic heterocycles. The molecule has 3 rings (SSSR count). The zero-order valence-corrected chi connectivity index (χ0v) is 16.5. The van der Waals surface area contributed by atoms with Crippen molar-refractivity contribution in [2.45, 2.75) is 0 Å². The van der Waals surface area contributed by atoms with Crippen LogP contribution in [0.3, 0.4) is 0 Å². The van der Waals surface area contributed by atoms with Crippen LogP contribution >= 0.6 is 0 Å². The van der Waals surface area contributed by atoms with Crippen LogP contribution in [0.25, 0.3) is 18.2 Å². The summed E-state index contributed by atoms with van der Waals surface area (Å²) in [5.74, 6) is -0.374. The van der Waals surface area contributed by atoms with Gasteiger partial charge in [-0.15, -0.1) is 0 Å². The Hall–Kier alpha value is -3.91. The maximum atomic E-state index is 11.0. The summed E-state index contributed by atoms with van der Waals surface area (Å²) in [7, 11) is 0. The normalized spacial score (nSPS) is 8.69. The van der Waals surface area contributed by atoms with E-state index in [2.05, 4.69) is 31.1 Å². The van der Waals surface area contributed by atoms with Gasteiger partial charge in [-0.1, -0.05) is 117 Å². The van der Waals surface area contributed by atoms with Crippen molar-refractivity contribution in [1.82, 2.24) is 0 Å². The van der Waals surface area contributed by atoms with E-state index in [-0.39, 0.29) is 5.97 Å². The van der Waals surface area contributed by atoms with Crippen molar-refractivity contribution in [3.05, 3.63) is 140 Å². The molecule has 29 heavy (non-hydrogen) atoms. The molecule has 0 fully saturated rings. The first kappa shape index (κ1) is 23.1. The van der Waals surface area contributed by atoms with Gasteiger partial charge in [-0.25, -0.2) is 4.79 Å². The summed E-state index contributed by atoms with van der Waals surface area (Å²) < 4.78 is 4.55. The van der Waals surface area contributed by atoms with Crippen LogP contribution in [0.15, 0.2) is 118 Å². The van der Waals surface area contributed by atoms with Gasteiger partial charge in [0.05, 0.1) is 11.8 Å². The quantitative estimate of drug-likeness (QED) is 0.342. The summed E-state index contributed by atoms with van der Waals surface area (Å²) in [4.78, 5) is 11.0. The van der Waals surface area contributed by atoms with Gasteiger partial charge in [0, 0.05) is 0 Å². The van der Waals surface area contributed by atoms with Crippen LogP contribution in [0.5, 0.6) is 0 Å². The van der Waals surface area contributed by atoms with Crippen molar-refractivity contribution >= 4 is 24.2 Å². The fraction of sp³-hybridized carbons (Fsp3) is 0. The smallest absolute Gasteiger partial charge is 0.342 e. The minimum absolute atomic E-state index is 0.374. The number of hydrogen-bond acceptors (Lipinski definition) is 2. The van der Waals surface area contributed by atoms with Crippen LogP contribution < -0.4 is 0 Å². The molecule has 0 saturated heterocycles. The Balaban J connectivity index is 0.000000220. The first-order valence-electron chi connectivity index (χ1n) is 9.04. The van der Waals surface area contributed by atoms with E-state index in [1.54, 1.807) is 24.3 Å². The monoisotopic (exact) mass is 382 g/mol. The summed E-state index contributed by atoms with van der Waals surface area (Å²) in [6.45, 7) is 14.3.